The number of pyridine rings is 1. The van der Waals surface area contributed by atoms with Crippen LogP contribution in [-0.4, -0.2) is 58.6 Å². The van der Waals surface area contributed by atoms with Gasteiger partial charge in [-0.25, -0.2) is 8.78 Å². The molecule has 210 valence electrons. The van der Waals surface area contributed by atoms with Crippen molar-refractivity contribution in [3.8, 4) is 5.75 Å². The van der Waals surface area contributed by atoms with Gasteiger partial charge < -0.3 is 19.8 Å². The fourth-order valence-corrected chi connectivity index (χ4v) is 6.54. The normalized spacial score (nSPS) is 16.3. The summed E-state index contributed by atoms with van der Waals surface area (Å²) < 4.78 is 32.6. The standard InChI is InChI=1S/C29H33ClF2N2O4S/c1-38-19-6-7-23-20(16-19)27(21(30)18-33-23)24(35)8-9-29(17-26(36)37)10-13-34(14-11-29)12-3-15-39-25-5-2-4-22(31)28(25)32/h2,4-7,16,18,24,35H,3,8-15,17H2,1H3,(H,36,37). The number of benzene rings is 2. The maximum Gasteiger partial charge on any atom is 0.303 e. The van der Waals surface area contributed by atoms with E-state index in [0.29, 0.717) is 63.6 Å². The van der Waals surface area contributed by atoms with E-state index in [9.17, 15) is 23.8 Å². The summed E-state index contributed by atoms with van der Waals surface area (Å²) in [4.78, 5) is 18.7. The summed E-state index contributed by atoms with van der Waals surface area (Å²) in [6.45, 7) is 2.30. The summed E-state index contributed by atoms with van der Waals surface area (Å²) in [5, 5.41) is 21.9. The number of thioether (sulfide) groups is 1. The van der Waals surface area contributed by atoms with Gasteiger partial charge in [-0.15, -0.1) is 11.8 Å². The molecular weight excluding hydrogens is 546 g/mol. The Bertz CT molecular complexity index is 1300. The van der Waals surface area contributed by atoms with Gasteiger partial charge in [0.1, 0.15) is 5.75 Å². The molecule has 1 atom stereocenters. The smallest absolute Gasteiger partial charge is 0.303 e. The number of fused-ring (bicyclic) bond motifs is 1. The van der Waals surface area contributed by atoms with E-state index in [0.717, 1.165) is 32.1 Å². The highest BCUT2D eigenvalue weighted by Crippen LogP contribution is 2.43. The second kappa shape index (κ2) is 13.3. The topological polar surface area (TPSA) is 82.9 Å². The van der Waals surface area contributed by atoms with Crippen molar-refractivity contribution in [2.24, 2.45) is 5.41 Å². The monoisotopic (exact) mass is 578 g/mol. The largest absolute Gasteiger partial charge is 0.497 e. The van der Waals surface area contributed by atoms with Crippen LogP contribution in [0.25, 0.3) is 10.9 Å². The van der Waals surface area contributed by atoms with E-state index >= 15 is 0 Å². The number of hydrogen-bond acceptors (Lipinski definition) is 6. The molecule has 2 N–H and O–H groups in total. The van der Waals surface area contributed by atoms with Crippen LogP contribution in [0, 0.1) is 17.0 Å². The zero-order chi connectivity index (χ0) is 28.0. The predicted molar refractivity (Wildman–Crippen MR) is 150 cm³/mol. The highest BCUT2D eigenvalue weighted by molar-refractivity contribution is 7.99. The Labute approximate surface area is 236 Å². The van der Waals surface area contributed by atoms with Gasteiger partial charge in [0, 0.05) is 22.0 Å². The Morgan fingerprint density at radius 2 is 2.03 bits per heavy atom. The maximum absolute atomic E-state index is 13.9. The predicted octanol–water partition coefficient (Wildman–Crippen LogP) is 6.73. The van der Waals surface area contributed by atoms with Crippen LogP contribution in [0.5, 0.6) is 5.75 Å². The van der Waals surface area contributed by atoms with Crippen molar-refractivity contribution >= 4 is 40.2 Å². The molecular formula is C29H33ClF2N2O4S. The number of methoxy groups -OCH3 is 1. The summed E-state index contributed by atoms with van der Waals surface area (Å²) in [7, 11) is 1.57. The number of rotatable bonds is 12. The van der Waals surface area contributed by atoms with E-state index in [-0.39, 0.29) is 6.42 Å². The number of likely N-dealkylation sites (tertiary alicyclic amines) is 1. The molecule has 1 aliphatic rings. The molecule has 2 aromatic carbocycles. The molecule has 4 rings (SSSR count). The highest BCUT2D eigenvalue weighted by Gasteiger charge is 2.37. The zero-order valence-corrected chi connectivity index (χ0v) is 23.4. The lowest BCUT2D eigenvalue weighted by molar-refractivity contribution is -0.141. The van der Waals surface area contributed by atoms with Crippen LogP contribution in [0.1, 0.15) is 50.2 Å². The minimum absolute atomic E-state index is 0.0426. The van der Waals surface area contributed by atoms with Crippen molar-refractivity contribution in [1.82, 2.24) is 9.88 Å². The van der Waals surface area contributed by atoms with Crippen molar-refractivity contribution in [2.45, 2.75) is 49.5 Å². The van der Waals surface area contributed by atoms with E-state index in [4.69, 9.17) is 16.3 Å². The van der Waals surface area contributed by atoms with Crippen LogP contribution in [0.15, 0.2) is 47.5 Å². The average molecular weight is 579 g/mol. The molecule has 1 aromatic heterocycles. The number of halogens is 3. The van der Waals surface area contributed by atoms with Crippen molar-refractivity contribution in [3.05, 3.63) is 64.8 Å². The van der Waals surface area contributed by atoms with Gasteiger partial charge >= 0.3 is 5.97 Å². The van der Waals surface area contributed by atoms with Crippen LogP contribution in [-0.2, 0) is 4.79 Å². The first-order valence-corrected chi connectivity index (χ1v) is 14.4. The van der Waals surface area contributed by atoms with Crippen LogP contribution < -0.4 is 4.74 Å². The van der Waals surface area contributed by atoms with Crippen LogP contribution in [0.4, 0.5) is 8.78 Å². The number of aromatic nitrogens is 1. The van der Waals surface area contributed by atoms with Gasteiger partial charge in [0.15, 0.2) is 11.6 Å². The van der Waals surface area contributed by atoms with E-state index in [1.54, 1.807) is 25.3 Å². The molecule has 0 aliphatic carbocycles. The summed E-state index contributed by atoms with van der Waals surface area (Å²) in [5.41, 5.74) is 0.854. The van der Waals surface area contributed by atoms with Gasteiger partial charge in [-0.3, -0.25) is 9.78 Å². The molecule has 0 amide bonds. The van der Waals surface area contributed by atoms with Crippen molar-refractivity contribution in [1.29, 1.82) is 0 Å². The molecule has 0 bridgehead atoms. The number of hydrogen-bond donors (Lipinski definition) is 2. The number of piperidine rings is 1. The van der Waals surface area contributed by atoms with Gasteiger partial charge in [0.25, 0.3) is 0 Å². The molecule has 0 radical (unpaired) electrons. The van der Waals surface area contributed by atoms with E-state index in [2.05, 4.69) is 9.88 Å². The number of ether oxygens (including phenoxy) is 1. The van der Waals surface area contributed by atoms with E-state index in [1.165, 1.54) is 24.0 Å². The molecule has 1 saturated heterocycles. The first kappa shape index (κ1) is 29.5. The summed E-state index contributed by atoms with van der Waals surface area (Å²) in [6, 6.07) is 9.62. The third-order valence-electron chi connectivity index (χ3n) is 7.58. The molecule has 0 spiro atoms. The Kier molecular flexibility index (Phi) is 10.0. The first-order chi connectivity index (χ1) is 18.7. The van der Waals surface area contributed by atoms with E-state index in [1.807, 2.05) is 6.07 Å². The number of carbonyl (C=O) groups is 1. The number of aliphatic hydroxyl groups is 1. The number of aliphatic hydroxyl groups excluding tert-OH is 1. The van der Waals surface area contributed by atoms with Gasteiger partial charge in [-0.05, 0) is 93.2 Å². The Balaban J connectivity index is 1.35. The van der Waals surface area contributed by atoms with Gasteiger partial charge in [-0.2, -0.15) is 0 Å². The van der Waals surface area contributed by atoms with Gasteiger partial charge in [0.2, 0.25) is 0 Å². The number of carboxylic acid groups (broad SMARTS) is 1. The second-order valence-corrected chi connectivity index (χ2v) is 11.7. The Morgan fingerprint density at radius 3 is 2.74 bits per heavy atom. The highest BCUT2D eigenvalue weighted by atomic mass is 35.5. The number of aliphatic carboxylic acids is 1. The van der Waals surface area contributed by atoms with Gasteiger partial charge in [-0.1, -0.05) is 17.7 Å². The fraction of sp³-hybridized carbons (Fsp3) is 0.448. The third-order valence-corrected chi connectivity index (χ3v) is 9.01. The van der Waals surface area contributed by atoms with Crippen LogP contribution in [0.3, 0.4) is 0 Å². The quantitative estimate of drug-likeness (QED) is 0.182. The van der Waals surface area contributed by atoms with E-state index < -0.39 is 29.1 Å². The molecule has 0 saturated carbocycles. The maximum atomic E-state index is 13.9. The lowest BCUT2D eigenvalue weighted by Gasteiger charge is -2.41. The number of carboxylic acids is 1. The molecule has 39 heavy (non-hydrogen) atoms. The zero-order valence-electron chi connectivity index (χ0n) is 21.8. The van der Waals surface area contributed by atoms with Crippen molar-refractivity contribution < 1.29 is 28.5 Å². The van der Waals surface area contributed by atoms with Gasteiger partial charge in [0.05, 0.1) is 30.2 Å². The van der Waals surface area contributed by atoms with Crippen molar-refractivity contribution in [3.63, 3.8) is 0 Å². The summed E-state index contributed by atoms with van der Waals surface area (Å²) >= 11 is 7.77. The Morgan fingerprint density at radius 1 is 1.26 bits per heavy atom. The Hall–Kier alpha value is -2.46. The van der Waals surface area contributed by atoms with Crippen molar-refractivity contribution in [2.75, 3.05) is 32.5 Å². The molecule has 1 aliphatic heterocycles. The minimum Gasteiger partial charge on any atom is -0.497 e. The lowest BCUT2D eigenvalue weighted by Crippen LogP contribution is -2.41. The third kappa shape index (κ3) is 7.39. The fourth-order valence-electron chi connectivity index (χ4n) is 5.37. The molecule has 10 heteroatoms. The number of nitrogens with zero attached hydrogens (tertiary/aromatic N) is 2. The molecule has 1 fully saturated rings. The summed E-state index contributed by atoms with van der Waals surface area (Å²) in [5.74, 6) is -1.19. The molecule has 1 unspecified atom stereocenters. The summed E-state index contributed by atoms with van der Waals surface area (Å²) in [6.07, 6.45) is 3.84. The van der Waals surface area contributed by atoms with Crippen LogP contribution >= 0.6 is 23.4 Å². The minimum atomic E-state index is -0.876. The molecule has 2 heterocycles. The average Bonchev–Trinajstić information content (AvgIpc) is 2.92. The SMILES string of the molecule is COc1ccc2ncc(Cl)c(C(O)CCC3(CC(=O)O)CCN(CCCSc4cccc(F)c4F)CC3)c2c1. The van der Waals surface area contributed by atoms with Crippen LogP contribution in [0.2, 0.25) is 5.02 Å². The molecule has 6 nitrogen and oxygen atoms in total. The first-order valence-electron chi connectivity index (χ1n) is 13.0. The molecule has 3 aromatic rings. The lowest BCUT2D eigenvalue weighted by atomic mass is 9.71. The second-order valence-electron chi connectivity index (χ2n) is 10.1.